The number of hydrogen-bond donors (Lipinski definition) is 3. The first-order valence-corrected chi connectivity index (χ1v) is 6.92. The number of carbonyl (C=O) groups is 1. The molecule has 1 amide bonds. The predicted octanol–water partition coefficient (Wildman–Crippen LogP) is 1.30. The van der Waals surface area contributed by atoms with Crippen LogP contribution in [-0.2, 0) is 4.74 Å². The van der Waals surface area contributed by atoms with Crippen LogP contribution in [0.15, 0.2) is 22.7 Å². The highest BCUT2D eigenvalue weighted by Crippen LogP contribution is 2.26. The lowest BCUT2D eigenvalue weighted by atomic mass is 9.90. The Kier molecular flexibility index (Phi) is 4.44. The van der Waals surface area contributed by atoms with Crippen molar-refractivity contribution in [2.75, 3.05) is 25.6 Å². The fraction of sp³-hybridized carbons (Fsp3) is 0.462. The van der Waals surface area contributed by atoms with Gasteiger partial charge >= 0.3 is 0 Å². The second-order valence-corrected chi connectivity index (χ2v) is 5.51. The first-order chi connectivity index (χ1) is 9.08. The lowest BCUT2D eigenvalue weighted by Crippen LogP contribution is -2.54. The van der Waals surface area contributed by atoms with E-state index < -0.39 is 5.54 Å². The Morgan fingerprint density at radius 1 is 1.47 bits per heavy atom. The van der Waals surface area contributed by atoms with Gasteiger partial charge in [0.15, 0.2) is 0 Å². The monoisotopic (exact) mass is 328 g/mol. The van der Waals surface area contributed by atoms with Crippen LogP contribution in [0.3, 0.4) is 0 Å². The molecule has 4 N–H and O–H groups in total. The van der Waals surface area contributed by atoms with E-state index in [1.807, 2.05) is 0 Å². The number of ether oxygens (including phenoxy) is 1. The highest BCUT2D eigenvalue weighted by Gasteiger charge is 2.34. The number of rotatable bonds is 3. The zero-order valence-electron chi connectivity index (χ0n) is 10.5. The van der Waals surface area contributed by atoms with Crippen molar-refractivity contribution in [1.29, 1.82) is 0 Å². The molecular formula is C13H17BrN2O3. The van der Waals surface area contributed by atoms with Crippen molar-refractivity contribution in [1.82, 2.24) is 5.32 Å². The number of benzene rings is 1. The Morgan fingerprint density at radius 3 is 2.79 bits per heavy atom. The van der Waals surface area contributed by atoms with Crippen molar-refractivity contribution < 1.29 is 14.6 Å². The average Bonchev–Trinajstić information content (AvgIpc) is 2.42. The Labute approximate surface area is 120 Å². The number of halogens is 1. The van der Waals surface area contributed by atoms with Crippen LogP contribution in [0.5, 0.6) is 0 Å². The number of aliphatic hydroxyl groups is 1. The molecule has 1 fully saturated rings. The van der Waals surface area contributed by atoms with Crippen LogP contribution < -0.4 is 11.1 Å². The Morgan fingerprint density at radius 2 is 2.16 bits per heavy atom. The minimum Gasteiger partial charge on any atom is -0.398 e. The van der Waals surface area contributed by atoms with E-state index in [9.17, 15) is 9.90 Å². The van der Waals surface area contributed by atoms with Gasteiger partial charge in [-0.05, 0) is 40.9 Å². The highest BCUT2D eigenvalue weighted by molar-refractivity contribution is 9.10. The van der Waals surface area contributed by atoms with Crippen LogP contribution in [0.1, 0.15) is 23.2 Å². The van der Waals surface area contributed by atoms with Gasteiger partial charge in [-0.3, -0.25) is 4.79 Å². The van der Waals surface area contributed by atoms with Crippen LogP contribution >= 0.6 is 15.9 Å². The van der Waals surface area contributed by atoms with Crippen LogP contribution in [0.2, 0.25) is 0 Å². The molecule has 1 saturated heterocycles. The first-order valence-electron chi connectivity index (χ1n) is 6.13. The van der Waals surface area contributed by atoms with E-state index in [2.05, 4.69) is 21.2 Å². The normalized spacial score (nSPS) is 18.0. The van der Waals surface area contributed by atoms with Gasteiger partial charge < -0.3 is 20.9 Å². The number of carbonyl (C=O) groups excluding carboxylic acids is 1. The van der Waals surface area contributed by atoms with Gasteiger partial charge in [0, 0.05) is 18.9 Å². The van der Waals surface area contributed by atoms with Gasteiger partial charge in [0.1, 0.15) is 0 Å². The molecule has 1 aliphatic heterocycles. The molecule has 0 spiro atoms. The molecule has 1 aromatic rings. The lowest BCUT2D eigenvalue weighted by Gasteiger charge is -2.36. The third-order valence-corrected chi connectivity index (χ3v) is 4.29. The summed E-state index contributed by atoms with van der Waals surface area (Å²) >= 11 is 3.31. The third-order valence-electron chi connectivity index (χ3n) is 3.40. The van der Waals surface area contributed by atoms with Gasteiger partial charge in [0.05, 0.1) is 22.2 Å². The molecule has 5 nitrogen and oxygen atoms in total. The molecule has 0 saturated carbocycles. The van der Waals surface area contributed by atoms with E-state index in [1.54, 1.807) is 18.2 Å². The molecule has 2 rings (SSSR count). The molecule has 104 valence electrons. The summed E-state index contributed by atoms with van der Waals surface area (Å²) in [6, 6.07) is 5.14. The maximum absolute atomic E-state index is 12.3. The molecular weight excluding hydrogens is 312 g/mol. The minimum atomic E-state index is -0.598. The molecule has 6 heteroatoms. The zero-order valence-corrected chi connectivity index (χ0v) is 12.1. The zero-order chi connectivity index (χ0) is 13.9. The van der Waals surface area contributed by atoms with Gasteiger partial charge in [-0.15, -0.1) is 0 Å². The van der Waals surface area contributed by atoms with Gasteiger partial charge in [-0.1, -0.05) is 6.07 Å². The van der Waals surface area contributed by atoms with Crippen molar-refractivity contribution in [3.05, 3.63) is 28.2 Å². The van der Waals surface area contributed by atoms with E-state index in [1.165, 1.54) is 0 Å². The van der Waals surface area contributed by atoms with E-state index in [0.717, 1.165) is 0 Å². The Bertz CT molecular complexity index is 473. The third kappa shape index (κ3) is 3.08. The predicted molar refractivity (Wildman–Crippen MR) is 75.9 cm³/mol. The number of nitrogens with one attached hydrogen (secondary N) is 1. The standard InChI is InChI=1S/C13H17BrN2O3/c14-11-9(2-1-3-10(11)15)12(18)16-13(8-17)4-6-19-7-5-13/h1-3,17H,4-8,15H2,(H,16,18). The van der Waals surface area contributed by atoms with Crippen LogP contribution in [-0.4, -0.2) is 36.4 Å². The molecule has 1 aliphatic rings. The van der Waals surface area contributed by atoms with Crippen LogP contribution in [0.25, 0.3) is 0 Å². The number of aliphatic hydroxyl groups excluding tert-OH is 1. The summed E-state index contributed by atoms with van der Waals surface area (Å²) in [7, 11) is 0. The topological polar surface area (TPSA) is 84.6 Å². The quantitative estimate of drug-likeness (QED) is 0.730. The van der Waals surface area contributed by atoms with Gasteiger partial charge in [-0.25, -0.2) is 0 Å². The summed E-state index contributed by atoms with van der Waals surface area (Å²) < 4.78 is 5.84. The molecule has 0 unspecified atom stereocenters. The summed E-state index contributed by atoms with van der Waals surface area (Å²) in [5, 5.41) is 12.5. The number of nitrogens with two attached hydrogens (primary N) is 1. The summed E-state index contributed by atoms with van der Waals surface area (Å²) in [6.07, 6.45) is 1.21. The van der Waals surface area contributed by atoms with Crippen LogP contribution in [0, 0.1) is 0 Å². The molecule has 0 bridgehead atoms. The number of anilines is 1. The minimum absolute atomic E-state index is 0.0952. The van der Waals surface area contributed by atoms with Crippen molar-refractivity contribution >= 4 is 27.5 Å². The largest absolute Gasteiger partial charge is 0.398 e. The number of hydrogen-bond acceptors (Lipinski definition) is 4. The fourth-order valence-corrected chi connectivity index (χ4v) is 2.56. The smallest absolute Gasteiger partial charge is 0.253 e. The maximum Gasteiger partial charge on any atom is 0.253 e. The summed E-state index contributed by atoms with van der Waals surface area (Å²) in [5.74, 6) is -0.241. The Balaban J connectivity index is 2.17. The van der Waals surface area contributed by atoms with Gasteiger partial charge in [0.2, 0.25) is 0 Å². The fourth-order valence-electron chi connectivity index (χ4n) is 2.12. The van der Waals surface area contributed by atoms with Gasteiger partial charge in [0.25, 0.3) is 5.91 Å². The van der Waals surface area contributed by atoms with Crippen molar-refractivity contribution in [3.8, 4) is 0 Å². The van der Waals surface area contributed by atoms with E-state index in [-0.39, 0.29) is 12.5 Å². The highest BCUT2D eigenvalue weighted by atomic mass is 79.9. The lowest BCUT2D eigenvalue weighted by molar-refractivity contribution is 0.0125. The van der Waals surface area contributed by atoms with Crippen molar-refractivity contribution in [2.24, 2.45) is 0 Å². The molecule has 19 heavy (non-hydrogen) atoms. The summed E-state index contributed by atoms with van der Waals surface area (Å²) in [5.41, 5.74) is 6.15. The second kappa shape index (κ2) is 5.90. The molecule has 1 heterocycles. The second-order valence-electron chi connectivity index (χ2n) is 4.71. The number of nitrogen functional groups attached to an aromatic ring is 1. The molecule has 1 aromatic carbocycles. The first kappa shape index (κ1) is 14.3. The SMILES string of the molecule is Nc1cccc(C(=O)NC2(CO)CCOCC2)c1Br. The number of amides is 1. The Hall–Kier alpha value is -1.11. The van der Waals surface area contributed by atoms with E-state index in [0.29, 0.717) is 41.8 Å². The average molecular weight is 329 g/mol. The van der Waals surface area contributed by atoms with Crippen LogP contribution in [0.4, 0.5) is 5.69 Å². The summed E-state index contributed by atoms with van der Waals surface area (Å²) in [6.45, 7) is 0.986. The maximum atomic E-state index is 12.3. The molecule has 0 aliphatic carbocycles. The molecule has 0 radical (unpaired) electrons. The van der Waals surface area contributed by atoms with Crippen molar-refractivity contribution in [3.63, 3.8) is 0 Å². The molecule has 0 aromatic heterocycles. The van der Waals surface area contributed by atoms with Crippen molar-refractivity contribution in [2.45, 2.75) is 18.4 Å². The van der Waals surface area contributed by atoms with Gasteiger partial charge in [-0.2, -0.15) is 0 Å². The summed E-state index contributed by atoms with van der Waals surface area (Å²) in [4.78, 5) is 12.3. The van der Waals surface area contributed by atoms with E-state index >= 15 is 0 Å². The van der Waals surface area contributed by atoms with E-state index in [4.69, 9.17) is 10.5 Å². The molecule has 0 atom stereocenters.